The highest BCUT2D eigenvalue weighted by Crippen LogP contribution is 2.30. The molecule has 154 valence electrons. The lowest BCUT2D eigenvalue weighted by Crippen LogP contribution is -2.24. The smallest absolute Gasteiger partial charge is 0.240 e. The summed E-state index contributed by atoms with van der Waals surface area (Å²) in [5.74, 6) is 1.32. The minimum absolute atomic E-state index is 0.0707. The number of nitrogens with one attached hydrogen (secondary N) is 2. The Morgan fingerprint density at radius 1 is 1.10 bits per heavy atom. The van der Waals surface area contributed by atoms with Gasteiger partial charge in [0.1, 0.15) is 12.0 Å². The van der Waals surface area contributed by atoms with Crippen molar-refractivity contribution in [1.29, 1.82) is 0 Å². The van der Waals surface area contributed by atoms with Gasteiger partial charge in [-0.2, -0.15) is 0 Å². The van der Waals surface area contributed by atoms with E-state index in [0.29, 0.717) is 24.5 Å². The summed E-state index contributed by atoms with van der Waals surface area (Å²) in [5.41, 5.74) is 3.58. The van der Waals surface area contributed by atoms with E-state index >= 15 is 0 Å². The van der Waals surface area contributed by atoms with Crippen molar-refractivity contribution in [2.75, 3.05) is 18.5 Å². The number of carbonyl (C=O) groups excluding carboxylic acids is 1. The van der Waals surface area contributed by atoms with Gasteiger partial charge in [0, 0.05) is 36.8 Å². The highest BCUT2D eigenvalue weighted by atomic mass is 32.2. The summed E-state index contributed by atoms with van der Waals surface area (Å²) >= 11 is 0. The average Bonchev–Trinajstić information content (AvgIpc) is 3.22. The zero-order chi connectivity index (χ0) is 21.0. The van der Waals surface area contributed by atoms with Crippen molar-refractivity contribution in [3.8, 4) is 17.0 Å². The highest BCUT2D eigenvalue weighted by Gasteiger charge is 2.14. The fourth-order valence-electron chi connectivity index (χ4n) is 3.11. The number of rotatable bonds is 8. The normalized spacial score (nSPS) is 12.8. The zero-order valence-corrected chi connectivity index (χ0v) is 16.9. The van der Waals surface area contributed by atoms with Gasteiger partial charge >= 0.3 is 0 Å². The zero-order valence-electron chi connectivity index (χ0n) is 16.0. The van der Waals surface area contributed by atoms with Gasteiger partial charge in [-0.15, -0.1) is 0 Å². The molecule has 0 radical (unpaired) electrons. The third kappa shape index (κ3) is 4.47. The molecule has 3 aromatic rings. The molecule has 9 heteroatoms. The van der Waals surface area contributed by atoms with Crippen LogP contribution in [0.1, 0.15) is 12.0 Å². The average molecular weight is 424 g/mol. The van der Waals surface area contributed by atoms with E-state index in [-0.39, 0.29) is 17.9 Å². The number of carbonyl (C=O) groups is 1. The molecule has 1 aromatic heterocycles. The summed E-state index contributed by atoms with van der Waals surface area (Å²) in [6.07, 6.45) is 3.35. The van der Waals surface area contributed by atoms with Crippen molar-refractivity contribution >= 4 is 27.9 Å². The van der Waals surface area contributed by atoms with Gasteiger partial charge in [-0.05, 0) is 54.1 Å². The summed E-state index contributed by atoms with van der Waals surface area (Å²) in [7, 11) is -3.65. The van der Waals surface area contributed by atoms with Crippen molar-refractivity contribution in [2.24, 2.45) is 0 Å². The molecule has 30 heavy (non-hydrogen) atoms. The van der Waals surface area contributed by atoms with E-state index in [1.54, 1.807) is 18.3 Å². The fraction of sp³-hybridized carbons (Fsp3) is 0.190. The maximum Gasteiger partial charge on any atom is 0.240 e. The lowest BCUT2D eigenvalue weighted by Gasteiger charge is -2.09. The van der Waals surface area contributed by atoms with Crippen LogP contribution in [0.25, 0.3) is 11.3 Å². The van der Waals surface area contributed by atoms with Gasteiger partial charge < -0.3 is 14.8 Å². The molecule has 8 nitrogen and oxygen atoms in total. The maximum atomic E-state index is 12.2. The Kier molecular flexibility index (Phi) is 5.73. The second-order valence-electron chi connectivity index (χ2n) is 6.69. The standard InChI is InChI=1S/C21H20N4O4S/c26-12-1-10-23-30(27,28)18-5-3-17(4-6-18)24-21-22-11-8-19(25-21)15-2-7-20-16(14-15)9-13-29-20/h2-8,11-12,14,23H,1,9-10,13H2,(H,22,24,25). The fourth-order valence-corrected chi connectivity index (χ4v) is 4.16. The first-order valence-corrected chi connectivity index (χ1v) is 10.9. The minimum atomic E-state index is -3.65. The molecule has 0 unspecified atom stereocenters. The van der Waals surface area contributed by atoms with Crippen molar-refractivity contribution in [1.82, 2.24) is 14.7 Å². The lowest BCUT2D eigenvalue weighted by molar-refractivity contribution is -0.107. The second-order valence-corrected chi connectivity index (χ2v) is 8.46. The topological polar surface area (TPSA) is 110 Å². The Hall–Kier alpha value is -3.30. The first-order valence-electron chi connectivity index (χ1n) is 9.45. The number of aromatic nitrogens is 2. The number of ether oxygens (including phenoxy) is 1. The number of hydrogen-bond donors (Lipinski definition) is 2. The molecule has 0 atom stereocenters. The highest BCUT2D eigenvalue weighted by molar-refractivity contribution is 7.89. The molecule has 2 heterocycles. The van der Waals surface area contributed by atoms with Crippen LogP contribution in [0.4, 0.5) is 11.6 Å². The number of benzene rings is 2. The van der Waals surface area contributed by atoms with E-state index in [1.165, 1.54) is 17.7 Å². The summed E-state index contributed by atoms with van der Waals surface area (Å²) in [4.78, 5) is 19.3. The first kappa shape index (κ1) is 20.0. The summed E-state index contributed by atoms with van der Waals surface area (Å²) in [6, 6.07) is 14.1. The third-order valence-electron chi connectivity index (χ3n) is 4.62. The largest absolute Gasteiger partial charge is 0.493 e. The number of nitrogens with zero attached hydrogens (tertiary/aromatic N) is 2. The number of sulfonamides is 1. The van der Waals surface area contributed by atoms with Crippen LogP contribution in [0.3, 0.4) is 0 Å². The van der Waals surface area contributed by atoms with E-state index in [0.717, 1.165) is 23.4 Å². The van der Waals surface area contributed by atoms with Crippen LogP contribution in [0.5, 0.6) is 5.75 Å². The van der Waals surface area contributed by atoms with Gasteiger partial charge in [0.15, 0.2) is 0 Å². The number of hydrogen-bond acceptors (Lipinski definition) is 7. The third-order valence-corrected chi connectivity index (χ3v) is 6.09. The molecule has 1 aliphatic rings. The van der Waals surface area contributed by atoms with Crippen LogP contribution >= 0.6 is 0 Å². The summed E-state index contributed by atoms with van der Waals surface area (Å²) in [6.45, 7) is 0.773. The lowest BCUT2D eigenvalue weighted by atomic mass is 10.1. The van der Waals surface area contributed by atoms with Crippen molar-refractivity contribution in [3.05, 3.63) is 60.3 Å². The van der Waals surface area contributed by atoms with Crippen molar-refractivity contribution in [2.45, 2.75) is 17.7 Å². The van der Waals surface area contributed by atoms with Crippen LogP contribution in [0, 0.1) is 0 Å². The molecular formula is C21H20N4O4S. The van der Waals surface area contributed by atoms with Gasteiger partial charge in [0.2, 0.25) is 16.0 Å². The Bertz CT molecular complexity index is 1160. The molecule has 1 aliphatic heterocycles. The molecule has 0 fully saturated rings. The molecular weight excluding hydrogens is 404 g/mol. The second kappa shape index (κ2) is 8.60. The predicted molar refractivity (Wildman–Crippen MR) is 112 cm³/mol. The van der Waals surface area contributed by atoms with Crippen molar-refractivity contribution in [3.63, 3.8) is 0 Å². The van der Waals surface area contributed by atoms with Crippen LogP contribution in [-0.4, -0.2) is 37.8 Å². The summed E-state index contributed by atoms with van der Waals surface area (Å²) in [5, 5.41) is 3.09. The Morgan fingerprint density at radius 3 is 2.73 bits per heavy atom. The molecule has 0 saturated carbocycles. The SMILES string of the molecule is O=CCCNS(=O)(=O)c1ccc(Nc2nccc(-c3ccc4c(c3)CCO4)n2)cc1. The Balaban J connectivity index is 1.48. The number of aldehydes is 1. The van der Waals surface area contributed by atoms with Gasteiger partial charge in [0.25, 0.3) is 0 Å². The van der Waals surface area contributed by atoms with E-state index in [1.807, 2.05) is 18.2 Å². The van der Waals surface area contributed by atoms with Crippen molar-refractivity contribution < 1.29 is 17.9 Å². The summed E-state index contributed by atoms with van der Waals surface area (Å²) < 4.78 is 32.3. The minimum Gasteiger partial charge on any atom is -0.493 e. The van der Waals surface area contributed by atoms with Crippen LogP contribution < -0.4 is 14.8 Å². The van der Waals surface area contributed by atoms with Crippen LogP contribution in [-0.2, 0) is 21.2 Å². The molecule has 0 amide bonds. The monoisotopic (exact) mass is 424 g/mol. The molecule has 0 saturated heterocycles. The van der Waals surface area contributed by atoms with Gasteiger partial charge in [0.05, 0.1) is 17.2 Å². The van der Waals surface area contributed by atoms with E-state index in [4.69, 9.17) is 4.74 Å². The van der Waals surface area contributed by atoms with Gasteiger partial charge in [-0.25, -0.2) is 23.1 Å². The van der Waals surface area contributed by atoms with E-state index < -0.39 is 10.0 Å². The predicted octanol–water partition coefficient (Wildman–Crippen LogP) is 2.69. The number of anilines is 2. The van der Waals surface area contributed by atoms with E-state index in [2.05, 4.69) is 26.1 Å². The molecule has 0 aliphatic carbocycles. The molecule has 0 spiro atoms. The van der Waals surface area contributed by atoms with Gasteiger partial charge in [-0.1, -0.05) is 0 Å². The van der Waals surface area contributed by atoms with E-state index in [9.17, 15) is 13.2 Å². The molecule has 0 bridgehead atoms. The van der Waals surface area contributed by atoms with Crippen LogP contribution in [0.15, 0.2) is 59.6 Å². The Morgan fingerprint density at radius 2 is 1.93 bits per heavy atom. The van der Waals surface area contributed by atoms with Gasteiger partial charge in [-0.3, -0.25) is 0 Å². The Labute approximate surface area is 174 Å². The first-order chi connectivity index (χ1) is 14.5. The molecule has 4 rings (SSSR count). The molecule has 2 aromatic carbocycles. The number of fused-ring (bicyclic) bond motifs is 1. The quantitative estimate of drug-likeness (QED) is 0.422. The maximum absolute atomic E-state index is 12.2. The molecule has 2 N–H and O–H groups in total. The van der Waals surface area contributed by atoms with Crippen LogP contribution in [0.2, 0.25) is 0 Å².